The minimum Gasteiger partial charge on any atom is -0.453 e. The molecule has 1 unspecified atom stereocenters. The molecule has 0 aliphatic carbocycles. The zero-order valence-electron chi connectivity index (χ0n) is 4.90. The summed E-state index contributed by atoms with van der Waals surface area (Å²) in [7, 11) is 0. The van der Waals surface area contributed by atoms with Gasteiger partial charge in [0.25, 0.3) is 0 Å². The molecule has 0 bridgehead atoms. The second-order valence-electron chi connectivity index (χ2n) is 1.76. The summed E-state index contributed by atoms with van der Waals surface area (Å²) in [6.07, 6.45) is 0. The van der Waals surface area contributed by atoms with E-state index >= 15 is 0 Å². The molecule has 0 radical (unpaired) electrons. The Hall–Kier alpha value is 0.240. The second-order valence-corrected chi connectivity index (χ2v) is 3.91. The van der Waals surface area contributed by atoms with Gasteiger partial charge in [-0.2, -0.15) is 0 Å². The van der Waals surface area contributed by atoms with Crippen LogP contribution < -0.4 is 0 Å². The van der Waals surface area contributed by atoms with Crippen LogP contribution in [0.15, 0.2) is 21.2 Å². The molecule has 1 aromatic heterocycles. The predicted octanol–water partition coefficient (Wildman–Crippen LogP) is 3.50. The Labute approximate surface area is 70.7 Å². The second kappa shape index (κ2) is 2.88. The SMILES string of the molecule is CC(Br)c1ccc(Br)o1. The van der Waals surface area contributed by atoms with Gasteiger partial charge in [0, 0.05) is 0 Å². The zero-order valence-corrected chi connectivity index (χ0v) is 8.07. The van der Waals surface area contributed by atoms with E-state index in [1.54, 1.807) is 0 Å². The molecule has 0 aromatic carbocycles. The third kappa shape index (κ3) is 1.83. The Bertz CT molecular complexity index is 193. The van der Waals surface area contributed by atoms with Crippen molar-refractivity contribution in [3.63, 3.8) is 0 Å². The van der Waals surface area contributed by atoms with Crippen LogP contribution in [0.1, 0.15) is 17.5 Å². The maximum Gasteiger partial charge on any atom is 0.169 e. The highest BCUT2D eigenvalue weighted by Gasteiger charge is 2.03. The van der Waals surface area contributed by atoms with E-state index in [1.165, 1.54) is 0 Å². The Balaban J connectivity index is 2.85. The number of rotatable bonds is 1. The Morgan fingerprint density at radius 2 is 2.22 bits per heavy atom. The average Bonchev–Trinajstić information content (AvgIpc) is 2.14. The van der Waals surface area contributed by atoms with Crippen molar-refractivity contribution in [2.75, 3.05) is 0 Å². The Morgan fingerprint density at radius 1 is 1.56 bits per heavy atom. The standard InChI is InChI=1S/C6H6Br2O/c1-4(7)5-2-3-6(8)9-5/h2-4H,1H3. The van der Waals surface area contributed by atoms with Crippen molar-refractivity contribution in [1.82, 2.24) is 0 Å². The molecule has 1 nitrogen and oxygen atoms in total. The van der Waals surface area contributed by atoms with Gasteiger partial charge >= 0.3 is 0 Å². The van der Waals surface area contributed by atoms with Crippen molar-refractivity contribution in [1.29, 1.82) is 0 Å². The fourth-order valence-electron chi connectivity index (χ4n) is 0.542. The van der Waals surface area contributed by atoms with Gasteiger partial charge in [-0.1, -0.05) is 15.9 Å². The van der Waals surface area contributed by atoms with Gasteiger partial charge in [0.1, 0.15) is 5.76 Å². The van der Waals surface area contributed by atoms with Crippen molar-refractivity contribution in [3.05, 3.63) is 22.6 Å². The van der Waals surface area contributed by atoms with Crippen molar-refractivity contribution in [2.24, 2.45) is 0 Å². The topological polar surface area (TPSA) is 13.1 Å². The maximum absolute atomic E-state index is 5.21. The fourth-order valence-corrected chi connectivity index (χ4v) is 1.11. The number of furan rings is 1. The largest absolute Gasteiger partial charge is 0.453 e. The number of halogens is 2. The zero-order chi connectivity index (χ0) is 6.85. The molecular weight excluding hydrogens is 248 g/mol. The lowest BCUT2D eigenvalue weighted by Crippen LogP contribution is -1.74. The van der Waals surface area contributed by atoms with Gasteiger partial charge in [0.2, 0.25) is 0 Å². The van der Waals surface area contributed by atoms with Crippen LogP contribution in [0.2, 0.25) is 0 Å². The monoisotopic (exact) mass is 252 g/mol. The Morgan fingerprint density at radius 3 is 2.44 bits per heavy atom. The first-order valence-electron chi connectivity index (χ1n) is 2.59. The third-order valence-electron chi connectivity index (χ3n) is 0.986. The molecule has 0 aliphatic rings. The highest BCUT2D eigenvalue weighted by Crippen LogP contribution is 2.25. The minimum atomic E-state index is 0.295. The highest BCUT2D eigenvalue weighted by molar-refractivity contribution is 9.10. The van der Waals surface area contributed by atoms with E-state index in [-0.39, 0.29) is 0 Å². The van der Waals surface area contributed by atoms with E-state index in [4.69, 9.17) is 4.42 Å². The van der Waals surface area contributed by atoms with Crippen LogP contribution in [0, 0.1) is 0 Å². The van der Waals surface area contributed by atoms with Crippen LogP contribution in [0.4, 0.5) is 0 Å². The van der Waals surface area contributed by atoms with Crippen LogP contribution in [0.25, 0.3) is 0 Å². The lowest BCUT2D eigenvalue weighted by atomic mass is 10.4. The van der Waals surface area contributed by atoms with Gasteiger partial charge in [-0.25, -0.2) is 0 Å². The first-order valence-corrected chi connectivity index (χ1v) is 4.30. The smallest absolute Gasteiger partial charge is 0.169 e. The molecule has 1 aromatic rings. The molecule has 0 spiro atoms. The molecule has 0 aliphatic heterocycles. The van der Waals surface area contributed by atoms with E-state index in [9.17, 15) is 0 Å². The highest BCUT2D eigenvalue weighted by atomic mass is 79.9. The van der Waals surface area contributed by atoms with Crippen molar-refractivity contribution in [2.45, 2.75) is 11.8 Å². The van der Waals surface area contributed by atoms with E-state index in [0.717, 1.165) is 10.4 Å². The van der Waals surface area contributed by atoms with Crippen LogP contribution in [0.3, 0.4) is 0 Å². The van der Waals surface area contributed by atoms with Crippen LogP contribution in [0.5, 0.6) is 0 Å². The van der Waals surface area contributed by atoms with Crippen molar-refractivity contribution < 1.29 is 4.42 Å². The summed E-state index contributed by atoms with van der Waals surface area (Å²) in [5, 5.41) is 0. The van der Waals surface area contributed by atoms with Crippen LogP contribution in [-0.4, -0.2) is 0 Å². The number of hydrogen-bond acceptors (Lipinski definition) is 1. The maximum atomic E-state index is 5.21. The summed E-state index contributed by atoms with van der Waals surface area (Å²) >= 11 is 6.59. The molecule has 50 valence electrons. The van der Waals surface area contributed by atoms with Gasteiger partial charge in [-0.15, -0.1) is 0 Å². The molecule has 1 atom stereocenters. The molecule has 0 fully saturated rings. The average molecular weight is 254 g/mol. The summed E-state index contributed by atoms with van der Waals surface area (Å²) in [5.41, 5.74) is 0. The molecule has 0 saturated carbocycles. The van der Waals surface area contributed by atoms with E-state index in [1.807, 2.05) is 19.1 Å². The van der Waals surface area contributed by atoms with Crippen molar-refractivity contribution >= 4 is 31.9 Å². The van der Waals surface area contributed by atoms with Gasteiger partial charge in [0.05, 0.1) is 4.83 Å². The third-order valence-corrected chi connectivity index (χ3v) is 1.86. The minimum absolute atomic E-state index is 0.295. The van der Waals surface area contributed by atoms with Gasteiger partial charge in [-0.3, -0.25) is 0 Å². The van der Waals surface area contributed by atoms with Gasteiger partial charge < -0.3 is 4.42 Å². The van der Waals surface area contributed by atoms with Crippen LogP contribution in [-0.2, 0) is 0 Å². The first kappa shape index (κ1) is 7.35. The van der Waals surface area contributed by atoms with E-state index in [0.29, 0.717) is 4.83 Å². The van der Waals surface area contributed by atoms with E-state index < -0.39 is 0 Å². The quantitative estimate of drug-likeness (QED) is 0.699. The molecule has 3 heteroatoms. The Kier molecular flexibility index (Phi) is 2.35. The van der Waals surface area contributed by atoms with Crippen molar-refractivity contribution in [3.8, 4) is 0 Å². The lowest BCUT2D eigenvalue weighted by Gasteiger charge is -1.93. The normalized spacial score (nSPS) is 13.7. The predicted molar refractivity (Wildman–Crippen MR) is 43.8 cm³/mol. The van der Waals surface area contributed by atoms with Gasteiger partial charge in [0.15, 0.2) is 4.67 Å². The number of hydrogen-bond donors (Lipinski definition) is 0. The molecular formula is C6H6Br2O. The fraction of sp³-hybridized carbons (Fsp3) is 0.333. The molecule has 1 rings (SSSR count). The molecule has 0 N–H and O–H groups in total. The summed E-state index contributed by atoms with van der Waals surface area (Å²) < 4.78 is 6.00. The van der Waals surface area contributed by atoms with E-state index in [2.05, 4.69) is 31.9 Å². The first-order chi connectivity index (χ1) is 4.20. The summed E-state index contributed by atoms with van der Waals surface area (Å²) in [5.74, 6) is 0.946. The summed E-state index contributed by atoms with van der Waals surface area (Å²) in [6.45, 7) is 2.02. The molecule has 0 saturated heterocycles. The van der Waals surface area contributed by atoms with Gasteiger partial charge in [-0.05, 0) is 35.0 Å². The lowest BCUT2D eigenvalue weighted by molar-refractivity contribution is 0.492. The molecule has 0 amide bonds. The summed E-state index contributed by atoms with van der Waals surface area (Å²) in [4.78, 5) is 0.295. The van der Waals surface area contributed by atoms with Crippen LogP contribution >= 0.6 is 31.9 Å². The molecule has 1 heterocycles. The summed E-state index contributed by atoms with van der Waals surface area (Å²) in [6, 6.07) is 3.82. The number of alkyl halides is 1. The molecule has 9 heavy (non-hydrogen) atoms.